The number of ether oxygens (including phenoxy) is 1. The first-order valence-corrected chi connectivity index (χ1v) is 8.25. The Morgan fingerprint density at radius 1 is 0.889 bits per heavy atom. The van der Waals surface area contributed by atoms with Gasteiger partial charge in [0.15, 0.2) is 11.4 Å². The highest BCUT2D eigenvalue weighted by Gasteiger charge is 2.49. The third-order valence-electron chi connectivity index (χ3n) is 5.09. The summed E-state index contributed by atoms with van der Waals surface area (Å²) in [6, 6.07) is 15.8. The highest BCUT2D eigenvalue weighted by atomic mass is 16.5. The summed E-state index contributed by atoms with van der Waals surface area (Å²) in [6.45, 7) is 0. The third kappa shape index (κ3) is 1.86. The monoisotopic (exact) mass is 350 g/mol. The van der Waals surface area contributed by atoms with Gasteiger partial charge in [0.05, 0.1) is 23.3 Å². The van der Waals surface area contributed by atoms with E-state index in [4.69, 9.17) is 10.00 Å². The van der Waals surface area contributed by atoms with E-state index in [1.807, 2.05) is 0 Å². The van der Waals surface area contributed by atoms with Gasteiger partial charge in [-0.05, 0) is 52.7 Å². The summed E-state index contributed by atoms with van der Waals surface area (Å²) in [5.74, 6) is 0.180. The Kier molecular flexibility index (Phi) is 2.87. The van der Waals surface area contributed by atoms with Gasteiger partial charge in [0, 0.05) is 11.1 Å². The van der Waals surface area contributed by atoms with Gasteiger partial charge in [0.1, 0.15) is 11.5 Å². The molecule has 0 aromatic heterocycles. The topological polar surface area (TPSA) is 94.1 Å². The molecule has 0 fully saturated rings. The number of hydrogen-bond acceptors (Lipinski definition) is 5. The Bertz CT molecular complexity index is 1310. The first kappa shape index (κ1) is 15.3. The molecule has 1 atom stereocenters. The molecular weight excluding hydrogens is 340 g/mol. The van der Waals surface area contributed by atoms with Crippen molar-refractivity contribution in [3.8, 4) is 23.6 Å². The number of benzene rings is 3. The standard InChI is InChI=1S/C22H10N2O3/c23-10-12-1-4-16-14(7-12)2-5-17-21(16)22(26)19(25)6-3-15-8-13(11-24)9-18(27-17)20(15)22/h1-9,26H. The molecule has 27 heavy (non-hydrogen) atoms. The summed E-state index contributed by atoms with van der Waals surface area (Å²) in [5.41, 5.74) is 0.237. The van der Waals surface area contributed by atoms with Crippen molar-refractivity contribution < 1.29 is 14.6 Å². The zero-order valence-electron chi connectivity index (χ0n) is 13.9. The molecule has 2 aliphatic rings. The highest BCUT2D eigenvalue weighted by Crippen LogP contribution is 2.53. The maximum absolute atomic E-state index is 12.9. The number of ketones is 1. The summed E-state index contributed by atoms with van der Waals surface area (Å²) < 4.78 is 5.98. The van der Waals surface area contributed by atoms with Crippen LogP contribution < -0.4 is 4.74 Å². The van der Waals surface area contributed by atoms with Gasteiger partial charge in [0.2, 0.25) is 0 Å². The molecule has 0 saturated heterocycles. The molecule has 0 spiro atoms. The Morgan fingerprint density at radius 2 is 1.70 bits per heavy atom. The molecule has 0 amide bonds. The third-order valence-corrected chi connectivity index (χ3v) is 5.09. The van der Waals surface area contributed by atoms with E-state index in [1.54, 1.807) is 42.5 Å². The van der Waals surface area contributed by atoms with E-state index in [1.165, 1.54) is 12.1 Å². The van der Waals surface area contributed by atoms with E-state index >= 15 is 0 Å². The van der Waals surface area contributed by atoms with E-state index in [0.717, 1.165) is 5.39 Å². The number of carbonyl (C=O) groups excluding carboxylic acids is 1. The first-order valence-electron chi connectivity index (χ1n) is 8.25. The van der Waals surface area contributed by atoms with Crippen molar-refractivity contribution in [2.24, 2.45) is 0 Å². The molecular formula is C22H10N2O3. The van der Waals surface area contributed by atoms with Crippen LogP contribution in [0.25, 0.3) is 16.8 Å². The lowest BCUT2D eigenvalue weighted by Crippen LogP contribution is -2.41. The maximum Gasteiger partial charge on any atom is 0.196 e. The minimum Gasteiger partial charge on any atom is -0.456 e. The average Bonchev–Trinajstić information content (AvgIpc) is 2.69. The molecule has 1 N–H and O–H groups in total. The second-order valence-electron chi connectivity index (χ2n) is 6.55. The van der Waals surface area contributed by atoms with Crippen molar-refractivity contribution in [3.05, 3.63) is 76.4 Å². The highest BCUT2D eigenvalue weighted by molar-refractivity contribution is 6.10. The van der Waals surface area contributed by atoms with Crippen molar-refractivity contribution in [1.29, 1.82) is 10.5 Å². The van der Waals surface area contributed by atoms with Crippen LogP contribution in [0, 0.1) is 22.7 Å². The lowest BCUT2D eigenvalue weighted by atomic mass is 9.73. The van der Waals surface area contributed by atoms with Crippen LogP contribution in [-0.2, 0) is 10.4 Å². The molecule has 0 bridgehead atoms. The lowest BCUT2D eigenvalue weighted by Gasteiger charge is -2.37. The summed E-state index contributed by atoms with van der Waals surface area (Å²) in [7, 11) is 0. The lowest BCUT2D eigenvalue weighted by molar-refractivity contribution is -0.129. The summed E-state index contributed by atoms with van der Waals surface area (Å²) in [6.07, 6.45) is 2.91. The molecule has 3 aromatic carbocycles. The minimum absolute atomic E-state index is 0.296. The normalized spacial score (nSPS) is 18.9. The molecule has 1 unspecified atom stereocenters. The molecule has 1 aliphatic heterocycles. The number of carbonyl (C=O) groups is 1. The molecule has 126 valence electrons. The van der Waals surface area contributed by atoms with Gasteiger partial charge in [-0.3, -0.25) is 4.79 Å². The number of nitriles is 2. The van der Waals surface area contributed by atoms with E-state index in [9.17, 15) is 15.2 Å². The Morgan fingerprint density at radius 3 is 2.48 bits per heavy atom. The molecule has 1 heterocycles. The summed E-state index contributed by atoms with van der Waals surface area (Å²) >= 11 is 0. The number of fused-ring (bicyclic) bond motifs is 4. The molecule has 5 heteroatoms. The van der Waals surface area contributed by atoms with Crippen molar-refractivity contribution in [2.75, 3.05) is 0 Å². The SMILES string of the molecule is N#Cc1cc2c3c(c1)Oc1ccc4cc(C#N)ccc4c1C3(O)C(=O)C=C2. The number of rotatable bonds is 0. The molecule has 5 rings (SSSR count). The minimum atomic E-state index is -1.91. The van der Waals surface area contributed by atoms with Crippen LogP contribution in [0.3, 0.4) is 0 Å². The predicted molar refractivity (Wildman–Crippen MR) is 96.9 cm³/mol. The molecule has 1 aliphatic carbocycles. The van der Waals surface area contributed by atoms with Gasteiger partial charge in [-0.15, -0.1) is 0 Å². The van der Waals surface area contributed by atoms with Crippen LogP contribution in [0.1, 0.15) is 27.8 Å². The summed E-state index contributed by atoms with van der Waals surface area (Å²) in [4.78, 5) is 12.9. The zero-order chi connectivity index (χ0) is 18.8. The van der Waals surface area contributed by atoms with Gasteiger partial charge in [-0.1, -0.05) is 18.2 Å². The fourth-order valence-corrected chi connectivity index (χ4v) is 3.91. The van der Waals surface area contributed by atoms with Crippen molar-refractivity contribution in [1.82, 2.24) is 0 Å². The van der Waals surface area contributed by atoms with Gasteiger partial charge in [-0.25, -0.2) is 0 Å². The van der Waals surface area contributed by atoms with Crippen LogP contribution in [0.4, 0.5) is 0 Å². The number of nitrogens with zero attached hydrogens (tertiary/aromatic N) is 2. The van der Waals surface area contributed by atoms with Gasteiger partial charge in [0.25, 0.3) is 0 Å². The largest absolute Gasteiger partial charge is 0.456 e. The van der Waals surface area contributed by atoms with Crippen molar-refractivity contribution in [3.63, 3.8) is 0 Å². The second kappa shape index (κ2) is 5.04. The van der Waals surface area contributed by atoms with Gasteiger partial charge in [-0.2, -0.15) is 10.5 Å². The van der Waals surface area contributed by atoms with E-state index < -0.39 is 11.4 Å². The number of aliphatic hydroxyl groups is 1. The smallest absolute Gasteiger partial charge is 0.196 e. The maximum atomic E-state index is 12.9. The molecule has 5 nitrogen and oxygen atoms in total. The average molecular weight is 350 g/mol. The van der Waals surface area contributed by atoms with E-state index in [0.29, 0.717) is 44.7 Å². The quantitative estimate of drug-likeness (QED) is 0.669. The molecule has 0 saturated carbocycles. The molecule has 3 aromatic rings. The first-order chi connectivity index (χ1) is 13.1. The van der Waals surface area contributed by atoms with Crippen molar-refractivity contribution >= 4 is 22.6 Å². The van der Waals surface area contributed by atoms with Gasteiger partial charge < -0.3 is 9.84 Å². The molecule has 0 radical (unpaired) electrons. The van der Waals surface area contributed by atoms with Crippen LogP contribution >= 0.6 is 0 Å². The fourth-order valence-electron chi connectivity index (χ4n) is 3.91. The Hall–Kier alpha value is -3.93. The van der Waals surface area contributed by atoms with Crippen LogP contribution in [0.2, 0.25) is 0 Å². The van der Waals surface area contributed by atoms with E-state index in [2.05, 4.69) is 12.1 Å². The number of hydrogen-bond donors (Lipinski definition) is 1. The summed E-state index contributed by atoms with van der Waals surface area (Å²) in [5, 5.41) is 31.4. The van der Waals surface area contributed by atoms with Crippen molar-refractivity contribution in [2.45, 2.75) is 5.60 Å². The van der Waals surface area contributed by atoms with Crippen LogP contribution in [-0.4, -0.2) is 10.9 Å². The van der Waals surface area contributed by atoms with Crippen LogP contribution in [0.5, 0.6) is 11.5 Å². The van der Waals surface area contributed by atoms with Crippen LogP contribution in [0.15, 0.2) is 48.5 Å². The second-order valence-corrected chi connectivity index (χ2v) is 6.55. The predicted octanol–water partition coefficient (Wildman–Crippen LogP) is 3.52. The zero-order valence-corrected chi connectivity index (χ0v) is 13.9. The van der Waals surface area contributed by atoms with Gasteiger partial charge >= 0.3 is 0 Å². The fraction of sp³-hybridized carbons (Fsp3) is 0.0455. The Balaban J connectivity index is 1.91. The Labute approximate surface area is 154 Å². The van der Waals surface area contributed by atoms with E-state index in [-0.39, 0.29) is 0 Å².